The minimum Gasteiger partial charge on any atom is -0.330 e. The van der Waals surface area contributed by atoms with Crippen LogP contribution in [0.15, 0.2) is 0 Å². The van der Waals surface area contributed by atoms with Crippen LogP contribution in [0.2, 0.25) is 0 Å². The third-order valence-corrected chi connectivity index (χ3v) is 0.793. The zero-order valence-corrected chi connectivity index (χ0v) is 6.15. The number of hydrogen-bond donors (Lipinski definition) is 2. The van der Waals surface area contributed by atoms with E-state index in [-0.39, 0.29) is 13.0 Å². The van der Waals surface area contributed by atoms with Crippen LogP contribution in [0.1, 0.15) is 6.42 Å². The fourth-order valence-corrected chi connectivity index (χ4v) is 0.381. The molecule has 7 heteroatoms. The van der Waals surface area contributed by atoms with E-state index in [0.29, 0.717) is 0 Å². The van der Waals surface area contributed by atoms with Gasteiger partial charge in [-0.25, -0.2) is 5.48 Å². The fraction of sp³-hybridized carbons (Fsp3) is 0.800. The first kappa shape index (κ1) is 11.2. The highest BCUT2D eigenvalue weighted by molar-refractivity contribution is 5.74. The second kappa shape index (κ2) is 4.94. The molecule has 0 saturated carbocycles. The summed E-state index contributed by atoms with van der Waals surface area (Å²) in [5.74, 6) is -0.665. The molecular weight excluding hydrogens is 177 g/mol. The first-order valence-electron chi connectivity index (χ1n) is 3.13. The van der Waals surface area contributed by atoms with Gasteiger partial charge in [0.1, 0.15) is 0 Å². The molecule has 0 aromatic heterocycles. The summed E-state index contributed by atoms with van der Waals surface area (Å²) >= 11 is 0. The van der Waals surface area contributed by atoms with Crippen LogP contribution in [-0.4, -0.2) is 25.2 Å². The monoisotopic (exact) mass is 186 g/mol. The molecule has 0 fully saturated rings. The van der Waals surface area contributed by atoms with E-state index in [1.165, 1.54) is 0 Å². The molecule has 0 spiro atoms. The summed E-state index contributed by atoms with van der Waals surface area (Å²) in [6.45, 7) is -1.43. The minimum atomic E-state index is -4.43. The maximum atomic E-state index is 11.4. The van der Waals surface area contributed by atoms with Crippen molar-refractivity contribution in [3.8, 4) is 0 Å². The second-order valence-corrected chi connectivity index (χ2v) is 1.97. The number of carbonyl (C=O) groups is 1. The molecule has 1 amide bonds. The number of nitrogens with one attached hydrogen (secondary N) is 1. The smallest absolute Gasteiger partial charge is 0.330 e. The Bertz CT molecular complexity index is 148. The lowest BCUT2D eigenvalue weighted by Gasteiger charge is -2.07. The van der Waals surface area contributed by atoms with Gasteiger partial charge in [0.15, 0.2) is 6.61 Å². The molecule has 0 rings (SSSR count). The second-order valence-electron chi connectivity index (χ2n) is 1.97. The molecule has 72 valence electrons. The van der Waals surface area contributed by atoms with Crippen molar-refractivity contribution >= 4 is 5.91 Å². The summed E-state index contributed by atoms with van der Waals surface area (Å²) in [7, 11) is 0. The number of rotatable bonds is 4. The highest BCUT2D eigenvalue weighted by atomic mass is 19.4. The molecule has 0 heterocycles. The SMILES string of the molecule is NCCC(=O)NOCC(F)(F)F. The molecule has 0 aliphatic carbocycles. The molecular formula is C5H9F3N2O2. The Balaban J connectivity index is 3.37. The Hall–Kier alpha value is -0.820. The van der Waals surface area contributed by atoms with Gasteiger partial charge in [0.25, 0.3) is 0 Å². The lowest BCUT2D eigenvalue weighted by Crippen LogP contribution is -2.30. The van der Waals surface area contributed by atoms with Gasteiger partial charge in [-0.1, -0.05) is 0 Å². The average Bonchev–Trinajstić information content (AvgIpc) is 1.84. The van der Waals surface area contributed by atoms with E-state index in [2.05, 4.69) is 4.84 Å². The Morgan fingerprint density at radius 2 is 2.08 bits per heavy atom. The molecule has 12 heavy (non-hydrogen) atoms. The van der Waals surface area contributed by atoms with E-state index >= 15 is 0 Å². The zero-order chi connectivity index (χ0) is 9.61. The number of nitrogens with two attached hydrogens (primary N) is 1. The van der Waals surface area contributed by atoms with Crippen molar-refractivity contribution in [1.29, 1.82) is 0 Å². The molecule has 0 unspecified atom stereocenters. The number of amides is 1. The fourth-order valence-electron chi connectivity index (χ4n) is 0.381. The number of alkyl halides is 3. The van der Waals surface area contributed by atoms with Gasteiger partial charge in [-0.2, -0.15) is 13.2 Å². The van der Waals surface area contributed by atoms with Crippen LogP contribution < -0.4 is 11.2 Å². The summed E-state index contributed by atoms with van der Waals surface area (Å²) < 4.78 is 34.2. The first-order valence-corrected chi connectivity index (χ1v) is 3.13. The largest absolute Gasteiger partial charge is 0.414 e. The highest BCUT2D eigenvalue weighted by Crippen LogP contribution is 2.13. The maximum absolute atomic E-state index is 11.4. The van der Waals surface area contributed by atoms with Gasteiger partial charge in [0.05, 0.1) is 0 Å². The molecule has 0 aliphatic heterocycles. The van der Waals surface area contributed by atoms with Crippen LogP contribution in [0.3, 0.4) is 0 Å². The van der Waals surface area contributed by atoms with Crippen molar-refractivity contribution < 1.29 is 22.8 Å². The number of halogens is 3. The number of hydroxylamine groups is 1. The topological polar surface area (TPSA) is 64.4 Å². The van der Waals surface area contributed by atoms with Gasteiger partial charge in [-0.05, 0) is 0 Å². The van der Waals surface area contributed by atoms with Crippen molar-refractivity contribution in [2.24, 2.45) is 5.73 Å². The predicted octanol–water partition coefficient (Wildman–Crippen LogP) is -0.0547. The van der Waals surface area contributed by atoms with Gasteiger partial charge >= 0.3 is 6.18 Å². The van der Waals surface area contributed by atoms with Crippen LogP contribution in [0.5, 0.6) is 0 Å². The highest BCUT2D eigenvalue weighted by Gasteiger charge is 2.28. The van der Waals surface area contributed by atoms with Crippen LogP contribution in [-0.2, 0) is 9.63 Å². The van der Waals surface area contributed by atoms with Crippen LogP contribution in [0, 0.1) is 0 Å². The van der Waals surface area contributed by atoms with Gasteiger partial charge in [-0.15, -0.1) is 0 Å². The van der Waals surface area contributed by atoms with Crippen LogP contribution in [0.4, 0.5) is 13.2 Å². The maximum Gasteiger partial charge on any atom is 0.414 e. The van der Waals surface area contributed by atoms with Crippen molar-refractivity contribution in [2.45, 2.75) is 12.6 Å². The summed E-state index contributed by atoms with van der Waals surface area (Å²) in [6, 6.07) is 0. The summed E-state index contributed by atoms with van der Waals surface area (Å²) in [4.78, 5) is 14.3. The molecule has 0 bridgehead atoms. The van der Waals surface area contributed by atoms with Gasteiger partial charge in [0.2, 0.25) is 5.91 Å². The Kier molecular flexibility index (Phi) is 4.60. The number of hydrogen-bond acceptors (Lipinski definition) is 3. The minimum absolute atomic E-state index is 0.0577. The quantitative estimate of drug-likeness (QED) is 0.605. The molecule has 0 radical (unpaired) electrons. The molecule has 0 saturated heterocycles. The third kappa shape index (κ3) is 7.29. The molecule has 0 aromatic rings. The Morgan fingerprint density at radius 1 is 1.50 bits per heavy atom. The Morgan fingerprint density at radius 3 is 2.50 bits per heavy atom. The first-order chi connectivity index (χ1) is 5.45. The number of carbonyl (C=O) groups excluding carboxylic acids is 1. The standard InChI is InChI=1S/C5H9F3N2O2/c6-5(7,8)3-12-10-4(11)1-2-9/h1-3,9H2,(H,10,11). The van der Waals surface area contributed by atoms with E-state index in [0.717, 1.165) is 0 Å². The van der Waals surface area contributed by atoms with Crippen molar-refractivity contribution in [3.05, 3.63) is 0 Å². The lowest BCUT2D eigenvalue weighted by atomic mass is 10.4. The molecule has 4 nitrogen and oxygen atoms in total. The molecule has 0 aromatic carbocycles. The van der Waals surface area contributed by atoms with Crippen LogP contribution in [0.25, 0.3) is 0 Å². The average molecular weight is 186 g/mol. The normalized spacial score (nSPS) is 11.3. The van der Waals surface area contributed by atoms with Gasteiger partial charge in [0, 0.05) is 13.0 Å². The van der Waals surface area contributed by atoms with E-state index in [4.69, 9.17) is 5.73 Å². The van der Waals surface area contributed by atoms with E-state index in [9.17, 15) is 18.0 Å². The molecule has 0 atom stereocenters. The van der Waals surface area contributed by atoms with Crippen LogP contribution >= 0.6 is 0 Å². The van der Waals surface area contributed by atoms with Crippen molar-refractivity contribution in [2.75, 3.05) is 13.2 Å². The van der Waals surface area contributed by atoms with E-state index < -0.39 is 18.7 Å². The zero-order valence-electron chi connectivity index (χ0n) is 6.15. The van der Waals surface area contributed by atoms with E-state index in [1.54, 1.807) is 5.48 Å². The van der Waals surface area contributed by atoms with Gasteiger partial charge in [-0.3, -0.25) is 9.63 Å². The Labute approximate surface area is 66.8 Å². The lowest BCUT2D eigenvalue weighted by molar-refractivity contribution is -0.191. The molecule has 3 N–H and O–H groups in total. The van der Waals surface area contributed by atoms with E-state index in [1.807, 2.05) is 0 Å². The summed E-state index contributed by atoms with van der Waals surface area (Å²) in [5.41, 5.74) is 6.55. The van der Waals surface area contributed by atoms with Crippen molar-refractivity contribution in [3.63, 3.8) is 0 Å². The molecule has 0 aliphatic rings. The van der Waals surface area contributed by atoms with Gasteiger partial charge < -0.3 is 5.73 Å². The van der Waals surface area contributed by atoms with Crippen molar-refractivity contribution in [1.82, 2.24) is 5.48 Å². The predicted molar refractivity (Wildman–Crippen MR) is 33.8 cm³/mol. The summed E-state index contributed by atoms with van der Waals surface area (Å²) in [6.07, 6.45) is -4.49. The summed E-state index contributed by atoms with van der Waals surface area (Å²) in [5, 5.41) is 0. The third-order valence-electron chi connectivity index (χ3n) is 0.793.